The first-order valence-electron chi connectivity index (χ1n) is 13.8. The number of halogens is 1. The molecule has 4 heterocycles. The number of aromatic nitrogens is 2. The molecule has 10 heteroatoms. The van der Waals surface area contributed by atoms with Crippen LogP contribution in [0, 0.1) is 0 Å². The Morgan fingerprint density at radius 3 is 2.82 bits per heavy atom. The van der Waals surface area contributed by atoms with Gasteiger partial charge in [-0.25, -0.2) is 0 Å². The lowest BCUT2D eigenvalue weighted by atomic mass is 10.0. The summed E-state index contributed by atoms with van der Waals surface area (Å²) >= 11 is 6.69. The van der Waals surface area contributed by atoms with Gasteiger partial charge in [0.05, 0.1) is 23.3 Å². The Morgan fingerprint density at radius 2 is 1.97 bits per heavy atom. The zero-order valence-electron chi connectivity index (χ0n) is 22.6. The van der Waals surface area contributed by atoms with Crippen LogP contribution in [0.3, 0.4) is 0 Å². The van der Waals surface area contributed by atoms with Gasteiger partial charge < -0.3 is 30.1 Å². The molecule has 2 bridgehead atoms. The first-order valence-corrected chi connectivity index (χ1v) is 14.2. The maximum atomic E-state index is 12.9. The van der Waals surface area contributed by atoms with E-state index in [0.717, 1.165) is 71.2 Å². The van der Waals surface area contributed by atoms with E-state index < -0.39 is 0 Å². The summed E-state index contributed by atoms with van der Waals surface area (Å²) in [5, 5.41) is 9.51. The second-order valence-electron chi connectivity index (χ2n) is 10.9. The van der Waals surface area contributed by atoms with Crippen LogP contribution in [0.15, 0.2) is 36.4 Å². The third kappa shape index (κ3) is 5.48. The van der Waals surface area contributed by atoms with Crippen LogP contribution in [0.2, 0.25) is 5.02 Å². The van der Waals surface area contributed by atoms with Gasteiger partial charge in [0.25, 0.3) is 0 Å². The monoisotopic (exact) mass is 549 g/mol. The van der Waals surface area contributed by atoms with E-state index in [1.807, 2.05) is 26.2 Å². The van der Waals surface area contributed by atoms with Gasteiger partial charge in [0, 0.05) is 68.7 Å². The summed E-state index contributed by atoms with van der Waals surface area (Å²) in [6.45, 7) is 5.11. The molecule has 0 radical (unpaired) electrons. The van der Waals surface area contributed by atoms with Gasteiger partial charge in [-0.05, 0) is 38.0 Å². The van der Waals surface area contributed by atoms with E-state index in [4.69, 9.17) is 26.3 Å². The topological polar surface area (TPSA) is 85.9 Å². The maximum absolute atomic E-state index is 12.9. The molecule has 0 saturated carbocycles. The molecule has 0 aliphatic carbocycles. The van der Waals surface area contributed by atoms with Crippen LogP contribution < -0.4 is 25.2 Å². The van der Waals surface area contributed by atoms with E-state index in [0.29, 0.717) is 38.5 Å². The van der Waals surface area contributed by atoms with E-state index in [9.17, 15) is 4.79 Å². The Labute approximate surface area is 234 Å². The quantitative estimate of drug-likeness (QED) is 0.516. The minimum Gasteiger partial charge on any atom is -0.459 e. The molecule has 9 nitrogen and oxygen atoms in total. The van der Waals surface area contributed by atoms with Crippen molar-refractivity contribution in [2.45, 2.75) is 38.0 Å². The number of hydrogen-bond acceptors (Lipinski definition) is 8. The Bertz CT molecular complexity index is 1360. The minimum absolute atomic E-state index is 0.0255. The molecule has 39 heavy (non-hydrogen) atoms. The van der Waals surface area contributed by atoms with Crippen molar-refractivity contribution in [1.29, 1.82) is 0 Å². The van der Waals surface area contributed by atoms with E-state index in [1.54, 1.807) is 0 Å². The normalized spacial score (nSPS) is 21.9. The van der Waals surface area contributed by atoms with Crippen LogP contribution in [-0.4, -0.2) is 86.3 Å². The zero-order chi connectivity index (χ0) is 26.9. The molecule has 2 aromatic carbocycles. The van der Waals surface area contributed by atoms with Gasteiger partial charge in [0.15, 0.2) is 0 Å². The number of rotatable bonds is 3. The number of nitrogens with zero attached hydrogens (tertiary/aromatic N) is 5. The van der Waals surface area contributed by atoms with E-state index >= 15 is 0 Å². The highest BCUT2D eigenvalue weighted by Gasteiger charge is 2.33. The van der Waals surface area contributed by atoms with Gasteiger partial charge in [0.1, 0.15) is 11.9 Å². The first kappa shape index (κ1) is 26.1. The summed E-state index contributed by atoms with van der Waals surface area (Å²) in [4.78, 5) is 29.6. The fourth-order valence-corrected chi connectivity index (χ4v) is 6.33. The van der Waals surface area contributed by atoms with Crippen LogP contribution in [-0.2, 0) is 17.8 Å². The summed E-state index contributed by atoms with van der Waals surface area (Å²) in [6, 6.07) is 12.8. The number of nitrogens with one attached hydrogen (secondary N) is 2. The summed E-state index contributed by atoms with van der Waals surface area (Å²) < 4.78 is 6.45. The number of anilines is 2. The molecule has 206 valence electrons. The van der Waals surface area contributed by atoms with Crippen LogP contribution in [0.1, 0.15) is 24.1 Å². The standard InChI is InChI=1S/C29H36ClN7O2/c1-35(2)17-21-9-11-32-26(38)15-20-16-31-12-14-37(20)28-22-10-13-36(18-24(22)33-29(34-28)39-21)25-8-4-6-19-5-3-7-23(30)27(19)25/h3-8,20-21,31H,9-18H2,1-2H3,(H,32,38). The van der Waals surface area contributed by atoms with Crippen molar-refractivity contribution < 1.29 is 9.53 Å². The second-order valence-corrected chi connectivity index (χ2v) is 11.3. The highest BCUT2D eigenvalue weighted by Crippen LogP contribution is 2.37. The summed E-state index contributed by atoms with van der Waals surface area (Å²) in [5.74, 6) is 0.981. The predicted octanol–water partition coefficient (Wildman–Crippen LogP) is 2.84. The number of piperazine rings is 1. The lowest BCUT2D eigenvalue weighted by Gasteiger charge is -2.40. The molecule has 2 N–H and O–H groups in total. The third-order valence-electron chi connectivity index (χ3n) is 7.87. The van der Waals surface area contributed by atoms with Gasteiger partial charge in [-0.3, -0.25) is 4.79 Å². The van der Waals surface area contributed by atoms with Crippen molar-refractivity contribution in [2.75, 3.05) is 63.2 Å². The van der Waals surface area contributed by atoms with Crippen molar-refractivity contribution in [3.63, 3.8) is 0 Å². The molecule has 2 unspecified atom stereocenters. The number of hydrogen-bond donors (Lipinski definition) is 2. The van der Waals surface area contributed by atoms with Gasteiger partial charge in [-0.15, -0.1) is 0 Å². The minimum atomic E-state index is -0.138. The highest BCUT2D eigenvalue weighted by atomic mass is 35.5. The molecule has 3 aliphatic heterocycles. The van der Waals surface area contributed by atoms with E-state index in [2.05, 4.69) is 49.6 Å². The van der Waals surface area contributed by atoms with Crippen molar-refractivity contribution in [3.8, 4) is 6.01 Å². The van der Waals surface area contributed by atoms with Crippen molar-refractivity contribution >= 4 is 39.8 Å². The summed E-state index contributed by atoms with van der Waals surface area (Å²) in [6.07, 6.45) is 1.78. The lowest BCUT2D eigenvalue weighted by Crippen LogP contribution is -2.54. The summed E-state index contributed by atoms with van der Waals surface area (Å²) in [7, 11) is 4.05. The molecule has 1 fully saturated rings. The molecular formula is C29H36ClN7O2. The van der Waals surface area contributed by atoms with Crippen molar-refractivity contribution in [3.05, 3.63) is 52.7 Å². The largest absolute Gasteiger partial charge is 0.459 e. The molecular weight excluding hydrogens is 514 g/mol. The Hall–Kier alpha value is -3.14. The fourth-order valence-electron chi connectivity index (χ4n) is 6.05. The van der Waals surface area contributed by atoms with Crippen LogP contribution in [0.5, 0.6) is 6.01 Å². The number of likely N-dealkylation sites (N-methyl/N-ethyl adjacent to an activating group) is 1. The molecule has 2 atom stereocenters. The fraction of sp³-hybridized carbons (Fsp3) is 0.483. The number of amides is 1. The Morgan fingerprint density at radius 1 is 1.13 bits per heavy atom. The van der Waals surface area contributed by atoms with Crippen LogP contribution >= 0.6 is 11.6 Å². The molecule has 0 spiro atoms. The lowest BCUT2D eigenvalue weighted by molar-refractivity contribution is -0.121. The molecule has 3 aromatic rings. The van der Waals surface area contributed by atoms with Gasteiger partial charge in [-0.1, -0.05) is 35.9 Å². The van der Waals surface area contributed by atoms with E-state index in [-0.39, 0.29) is 18.1 Å². The zero-order valence-corrected chi connectivity index (χ0v) is 23.4. The number of ether oxygens (including phenoxy) is 1. The van der Waals surface area contributed by atoms with E-state index in [1.165, 1.54) is 0 Å². The van der Waals surface area contributed by atoms with Gasteiger partial charge >= 0.3 is 6.01 Å². The Kier molecular flexibility index (Phi) is 7.47. The average molecular weight is 550 g/mol. The van der Waals surface area contributed by atoms with Crippen LogP contribution in [0.25, 0.3) is 10.8 Å². The van der Waals surface area contributed by atoms with Crippen molar-refractivity contribution in [1.82, 2.24) is 25.5 Å². The van der Waals surface area contributed by atoms with Gasteiger partial charge in [0.2, 0.25) is 5.91 Å². The van der Waals surface area contributed by atoms with Crippen molar-refractivity contribution in [2.24, 2.45) is 0 Å². The number of carbonyl (C=O) groups is 1. The second kappa shape index (κ2) is 11.2. The number of carbonyl (C=O) groups excluding carboxylic acids is 1. The highest BCUT2D eigenvalue weighted by molar-refractivity contribution is 6.36. The maximum Gasteiger partial charge on any atom is 0.318 e. The molecule has 1 aromatic heterocycles. The predicted molar refractivity (Wildman–Crippen MR) is 155 cm³/mol. The average Bonchev–Trinajstić information content (AvgIpc) is 2.91. The molecule has 1 saturated heterocycles. The third-order valence-corrected chi connectivity index (χ3v) is 8.18. The SMILES string of the molecule is CN(C)CC1CCNC(=O)CC2CNCCN2c2nc(nc3c2CCN(c2cccc4cccc(Cl)c24)C3)O1. The number of benzene rings is 2. The van der Waals surface area contributed by atoms with Crippen LogP contribution in [0.4, 0.5) is 11.5 Å². The smallest absolute Gasteiger partial charge is 0.318 e. The number of fused-ring (bicyclic) bond motifs is 7. The molecule has 1 amide bonds. The molecule has 6 rings (SSSR count). The first-order chi connectivity index (χ1) is 19.0. The summed E-state index contributed by atoms with van der Waals surface area (Å²) in [5.41, 5.74) is 3.24. The van der Waals surface area contributed by atoms with Gasteiger partial charge in [-0.2, -0.15) is 9.97 Å². The Balaban J connectivity index is 1.41. The molecule has 3 aliphatic rings.